The zero-order valence-corrected chi connectivity index (χ0v) is 11.7. The van der Waals surface area contributed by atoms with Crippen LogP contribution in [0.1, 0.15) is 21.6 Å². The largest absolute Gasteiger partial charge is 0.398 e. The zero-order valence-electron chi connectivity index (χ0n) is 10.9. The molecule has 0 unspecified atom stereocenters. The standard InChI is InChI=1S/C15H14ClN3O/c1-18-15(20)12-3-2-8-19-14(12)9-13(17)10-4-6-11(16)7-5-10/h2-9H,17H2,1H3,(H,18,20)/b13-9-. The SMILES string of the molecule is CNC(=O)c1cccnc1/C=C(\N)c1ccc(Cl)cc1. The fourth-order valence-electron chi connectivity index (χ4n) is 1.73. The van der Waals surface area contributed by atoms with Crippen LogP contribution >= 0.6 is 11.6 Å². The minimum Gasteiger partial charge on any atom is -0.398 e. The van der Waals surface area contributed by atoms with Crippen molar-refractivity contribution in [2.75, 3.05) is 7.05 Å². The van der Waals surface area contributed by atoms with Gasteiger partial charge in [0.05, 0.1) is 11.3 Å². The lowest BCUT2D eigenvalue weighted by Gasteiger charge is -2.06. The number of rotatable bonds is 3. The van der Waals surface area contributed by atoms with Gasteiger partial charge in [-0.3, -0.25) is 9.78 Å². The van der Waals surface area contributed by atoms with E-state index in [1.165, 1.54) is 0 Å². The normalized spacial score (nSPS) is 11.2. The van der Waals surface area contributed by atoms with E-state index in [1.54, 1.807) is 43.6 Å². The Hall–Kier alpha value is -2.33. The highest BCUT2D eigenvalue weighted by molar-refractivity contribution is 6.30. The van der Waals surface area contributed by atoms with E-state index in [0.29, 0.717) is 22.0 Å². The Labute approximate surface area is 122 Å². The van der Waals surface area contributed by atoms with Gasteiger partial charge in [0, 0.05) is 24.0 Å². The van der Waals surface area contributed by atoms with Crippen LogP contribution in [0, 0.1) is 0 Å². The van der Waals surface area contributed by atoms with Gasteiger partial charge in [-0.15, -0.1) is 0 Å². The molecule has 0 aliphatic heterocycles. The molecule has 4 nitrogen and oxygen atoms in total. The number of pyridine rings is 1. The lowest BCUT2D eigenvalue weighted by molar-refractivity contribution is 0.0962. The maximum absolute atomic E-state index is 11.8. The van der Waals surface area contributed by atoms with Crippen molar-refractivity contribution in [3.63, 3.8) is 0 Å². The summed E-state index contributed by atoms with van der Waals surface area (Å²) in [6.07, 6.45) is 3.29. The van der Waals surface area contributed by atoms with Crippen LogP contribution < -0.4 is 11.1 Å². The first-order valence-corrected chi connectivity index (χ1v) is 6.40. The van der Waals surface area contributed by atoms with Crippen molar-refractivity contribution in [1.82, 2.24) is 10.3 Å². The lowest BCUT2D eigenvalue weighted by Crippen LogP contribution is -2.19. The van der Waals surface area contributed by atoms with Crippen LogP contribution in [0.25, 0.3) is 11.8 Å². The summed E-state index contributed by atoms with van der Waals surface area (Å²) >= 11 is 5.84. The summed E-state index contributed by atoms with van der Waals surface area (Å²) in [5.41, 5.74) is 8.38. The molecule has 0 saturated carbocycles. The molecule has 0 bridgehead atoms. The number of halogens is 1. The number of amides is 1. The molecule has 1 aromatic heterocycles. The van der Waals surface area contributed by atoms with E-state index in [2.05, 4.69) is 10.3 Å². The van der Waals surface area contributed by atoms with E-state index in [4.69, 9.17) is 17.3 Å². The number of hydrogen-bond donors (Lipinski definition) is 2. The number of nitrogens with two attached hydrogens (primary N) is 1. The summed E-state index contributed by atoms with van der Waals surface area (Å²) in [5.74, 6) is -0.201. The zero-order chi connectivity index (χ0) is 14.5. The van der Waals surface area contributed by atoms with E-state index >= 15 is 0 Å². The van der Waals surface area contributed by atoms with E-state index in [-0.39, 0.29) is 5.91 Å². The summed E-state index contributed by atoms with van der Waals surface area (Å²) in [6.45, 7) is 0. The Morgan fingerprint density at radius 2 is 2.00 bits per heavy atom. The Morgan fingerprint density at radius 1 is 1.30 bits per heavy atom. The second-order valence-electron chi connectivity index (χ2n) is 4.12. The molecule has 0 radical (unpaired) electrons. The monoisotopic (exact) mass is 287 g/mol. The predicted octanol–water partition coefficient (Wildman–Crippen LogP) is 2.55. The molecule has 5 heteroatoms. The van der Waals surface area contributed by atoms with Crippen LogP contribution in [-0.2, 0) is 0 Å². The van der Waals surface area contributed by atoms with Crippen molar-refractivity contribution in [3.8, 4) is 0 Å². The Morgan fingerprint density at radius 3 is 2.65 bits per heavy atom. The molecule has 0 atom stereocenters. The summed E-state index contributed by atoms with van der Waals surface area (Å²) in [6, 6.07) is 10.6. The number of carbonyl (C=O) groups excluding carboxylic acids is 1. The van der Waals surface area contributed by atoms with Gasteiger partial charge in [-0.05, 0) is 35.9 Å². The minimum atomic E-state index is -0.201. The first-order chi connectivity index (χ1) is 9.61. The van der Waals surface area contributed by atoms with Crippen LogP contribution in [0.5, 0.6) is 0 Å². The lowest BCUT2D eigenvalue weighted by atomic mass is 10.1. The van der Waals surface area contributed by atoms with Crippen LogP contribution in [0.4, 0.5) is 0 Å². The minimum absolute atomic E-state index is 0.201. The van der Waals surface area contributed by atoms with E-state index in [0.717, 1.165) is 5.56 Å². The molecule has 2 rings (SSSR count). The molecule has 20 heavy (non-hydrogen) atoms. The summed E-state index contributed by atoms with van der Waals surface area (Å²) in [5, 5.41) is 3.22. The smallest absolute Gasteiger partial charge is 0.253 e. The maximum Gasteiger partial charge on any atom is 0.253 e. The Kier molecular flexibility index (Phi) is 4.38. The number of carbonyl (C=O) groups is 1. The van der Waals surface area contributed by atoms with Crippen molar-refractivity contribution in [1.29, 1.82) is 0 Å². The third kappa shape index (κ3) is 3.16. The molecule has 102 valence electrons. The van der Waals surface area contributed by atoms with Gasteiger partial charge in [0.1, 0.15) is 0 Å². The quantitative estimate of drug-likeness (QED) is 0.911. The fourth-order valence-corrected chi connectivity index (χ4v) is 1.86. The van der Waals surface area contributed by atoms with Gasteiger partial charge < -0.3 is 11.1 Å². The highest BCUT2D eigenvalue weighted by Gasteiger charge is 2.09. The fraction of sp³-hybridized carbons (Fsp3) is 0.0667. The van der Waals surface area contributed by atoms with Gasteiger partial charge >= 0.3 is 0 Å². The molecular formula is C15H14ClN3O. The molecule has 0 fully saturated rings. The van der Waals surface area contributed by atoms with E-state index < -0.39 is 0 Å². The third-order valence-electron chi connectivity index (χ3n) is 2.78. The van der Waals surface area contributed by atoms with Crippen LogP contribution in [0.15, 0.2) is 42.6 Å². The third-order valence-corrected chi connectivity index (χ3v) is 3.03. The molecular weight excluding hydrogens is 274 g/mol. The average molecular weight is 288 g/mol. The van der Waals surface area contributed by atoms with Gasteiger partial charge in [-0.2, -0.15) is 0 Å². The second kappa shape index (κ2) is 6.21. The molecule has 0 spiro atoms. The number of aromatic nitrogens is 1. The topological polar surface area (TPSA) is 68.0 Å². The molecule has 1 amide bonds. The summed E-state index contributed by atoms with van der Waals surface area (Å²) < 4.78 is 0. The highest BCUT2D eigenvalue weighted by Crippen LogP contribution is 2.17. The van der Waals surface area contributed by atoms with Crippen LogP contribution in [0.3, 0.4) is 0 Å². The Bertz CT molecular complexity index is 650. The molecule has 3 N–H and O–H groups in total. The van der Waals surface area contributed by atoms with Gasteiger partial charge in [0.2, 0.25) is 0 Å². The van der Waals surface area contributed by atoms with Gasteiger partial charge in [-0.1, -0.05) is 23.7 Å². The highest BCUT2D eigenvalue weighted by atomic mass is 35.5. The molecule has 1 heterocycles. The molecule has 2 aromatic rings. The number of nitrogens with zero attached hydrogens (tertiary/aromatic N) is 1. The van der Waals surface area contributed by atoms with Gasteiger partial charge in [-0.25, -0.2) is 0 Å². The van der Waals surface area contributed by atoms with Crippen molar-refractivity contribution in [2.45, 2.75) is 0 Å². The first kappa shape index (κ1) is 14.1. The molecule has 0 saturated heterocycles. The van der Waals surface area contributed by atoms with Crippen molar-refractivity contribution >= 4 is 29.3 Å². The Balaban J connectivity index is 2.39. The summed E-state index contributed by atoms with van der Waals surface area (Å²) in [4.78, 5) is 15.9. The average Bonchev–Trinajstić information content (AvgIpc) is 2.47. The molecule has 0 aliphatic carbocycles. The molecule has 0 aliphatic rings. The number of nitrogens with one attached hydrogen (secondary N) is 1. The van der Waals surface area contributed by atoms with Crippen LogP contribution in [0.2, 0.25) is 5.02 Å². The number of benzene rings is 1. The van der Waals surface area contributed by atoms with Gasteiger partial charge in [0.15, 0.2) is 0 Å². The summed E-state index contributed by atoms with van der Waals surface area (Å²) in [7, 11) is 1.57. The van der Waals surface area contributed by atoms with Crippen molar-refractivity contribution in [2.24, 2.45) is 5.73 Å². The number of hydrogen-bond acceptors (Lipinski definition) is 3. The van der Waals surface area contributed by atoms with Crippen molar-refractivity contribution < 1.29 is 4.79 Å². The first-order valence-electron chi connectivity index (χ1n) is 6.02. The van der Waals surface area contributed by atoms with Crippen LogP contribution in [-0.4, -0.2) is 17.9 Å². The predicted molar refractivity (Wildman–Crippen MR) is 81.1 cm³/mol. The second-order valence-corrected chi connectivity index (χ2v) is 4.56. The maximum atomic E-state index is 11.8. The molecule has 1 aromatic carbocycles. The van der Waals surface area contributed by atoms with E-state index in [9.17, 15) is 4.79 Å². The van der Waals surface area contributed by atoms with Crippen molar-refractivity contribution in [3.05, 3.63) is 64.4 Å². The van der Waals surface area contributed by atoms with Gasteiger partial charge in [0.25, 0.3) is 5.91 Å². The van der Waals surface area contributed by atoms with E-state index in [1.807, 2.05) is 12.1 Å².